The van der Waals surface area contributed by atoms with Crippen LogP contribution in [0.15, 0.2) is 47.6 Å². The summed E-state index contributed by atoms with van der Waals surface area (Å²) < 4.78 is 46.2. The molecular formula is C23H26F3N3O5. The quantitative estimate of drug-likeness (QED) is 0.445. The number of rotatable bonds is 8. The first-order valence-electron chi connectivity index (χ1n) is 10.8. The average Bonchev–Trinajstić information content (AvgIpc) is 2.84. The van der Waals surface area contributed by atoms with Crippen molar-refractivity contribution in [2.24, 2.45) is 10.9 Å². The minimum absolute atomic E-state index is 0.0383. The van der Waals surface area contributed by atoms with Crippen LogP contribution in [0.2, 0.25) is 0 Å². The third-order valence-corrected chi connectivity index (χ3v) is 5.57. The first kappa shape index (κ1) is 25.1. The molecule has 1 aromatic carbocycles. The molecule has 11 heteroatoms. The molecule has 1 unspecified atom stereocenters. The van der Waals surface area contributed by atoms with Crippen LogP contribution in [-0.2, 0) is 16.0 Å². The average molecular weight is 481 g/mol. The first-order chi connectivity index (χ1) is 16.0. The van der Waals surface area contributed by atoms with Gasteiger partial charge in [0.25, 0.3) is 0 Å². The highest BCUT2D eigenvalue weighted by atomic mass is 19.4. The molecule has 2 N–H and O–H groups in total. The molecular weight excluding hydrogens is 455 g/mol. The van der Waals surface area contributed by atoms with Crippen LogP contribution in [0.4, 0.5) is 13.2 Å². The van der Waals surface area contributed by atoms with Crippen molar-refractivity contribution in [3.05, 3.63) is 59.2 Å². The number of alkyl halides is 3. The summed E-state index contributed by atoms with van der Waals surface area (Å²) >= 11 is 0. The maximum atomic E-state index is 13.2. The second kappa shape index (κ2) is 10.6. The van der Waals surface area contributed by atoms with E-state index in [0.717, 1.165) is 4.73 Å². The molecule has 2 atom stereocenters. The number of carboxylic acid groups (broad SMARTS) is 1. The summed E-state index contributed by atoms with van der Waals surface area (Å²) in [7, 11) is 0. The summed E-state index contributed by atoms with van der Waals surface area (Å²) in [6.07, 6.45) is -3.14. The summed E-state index contributed by atoms with van der Waals surface area (Å²) in [5.74, 6) is -2.72. The van der Waals surface area contributed by atoms with Gasteiger partial charge in [0, 0.05) is 19.2 Å². The highest BCUT2D eigenvalue weighted by Crippen LogP contribution is 2.36. The van der Waals surface area contributed by atoms with E-state index in [9.17, 15) is 28.0 Å². The van der Waals surface area contributed by atoms with Gasteiger partial charge in [-0.05, 0) is 48.7 Å². The van der Waals surface area contributed by atoms with Gasteiger partial charge in [0.1, 0.15) is 12.3 Å². The van der Waals surface area contributed by atoms with Gasteiger partial charge in [0.05, 0.1) is 25.0 Å². The van der Waals surface area contributed by atoms with Crippen molar-refractivity contribution in [1.82, 2.24) is 9.63 Å². The van der Waals surface area contributed by atoms with Crippen LogP contribution in [0.25, 0.3) is 0 Å². The maximum absolute atomic E-state index is 13.2. The van der Waals surface area contributed by atoms with Crippen LogP contribution >= 0.6 is 0 Å². The highest BCUT2D eigenvalue weighted by molar-refractivity contribution is 5.84. The second-order valence-electron chi connectivity index (χ2n) is 8.10. The van der Waals surface area contributed by atoms with Crippen molar-refractivity contribution >= 4 is 11.9 Å². The van der Waals surface area contributed by atoms with E-state index in [2.05, 4.69) is 4.99 Å². The predicted octanol–water partition coefficient (Wildman–Crippen LogP) is 3.19. The smallest absolute Gasteiger partial charge is 0.406 e. The Kier molecular flexibility index (Phi) is 7.85. The number of carbonyl (C=O) groups excluding carboxylic acids is 1. The number of hydrogen-bond donors (Lipinski definition) is 2. The number of nitrogens with zero attached hydrogens (tertiary/aromatic N) is 3. The Morgan fingerprint density at radius 1 is 1.26 bits per heavy atom. The summed E-state index contributed by atoms with van der Waals surface area (Å²) in [5.41, 5.74) is 1.51. The Balaban J connectivity index is 1.75. The van der Waals surface area contributed by atoms with E-state index >= 15 is 0 Å². The molecule has 2 aromatic rings. The number of ether oxygens (including phenoxy) is 1. The van der Waals surface area contributed by atoms with Gasteiger partial charge in [-0.1, -0.05) is 12.1 Å². The molecule has 0 bridgehead atoms. The summed E-state index contributed by atoms with van der Waals surface area (Å²) in [4.78, 5) is 29.0. The van der Waals surface area contributed by atoms with Gasteiger partial charge in [-0.2, -0.15) is 17.9 Å². The Labute approximate surface area is 193 Å². The van der Waals surface area contributed by atoms with Crippen molar-refractivity contribution in [1.29, 1.82) is 0 Å². The van der Waals surface area contributed by atoms with E-state index in [1.165, 1.54) is 13.1 Å². The van der Waals surface area contributed by atoms with Crippen molar-refractivity contribution in [3.63, 3.8) is 0 Å². The van der Waals surface area contributed by atoms with Gasteiger partial charge in [-0.3, -0.25) is 14.6 Å². The zero-order valence-electron chi connectivity index (χ0n) is 18.5. The SMILES string of the molecule is C[C@H]1c2cc(OCCCN=c3ccccn3O)ccc2CC(CC(=O)O)C(=O)N1CC(F)(F)F. The molecule has 2 heterocycles. The number of pyridine rings is 1. The van der Waals surface area contributed by atoms with Crippen LogP contribution in [0, 0.1) is 5.92 Å². The topological polar surface area (TPSA) is 104 Å². The second-order valence-corrected chi connectivity index (χ2v) is 8.10. The Bertz CT molecular complexity index is 1100. The van der Waals surface area contributed by atoms with Crippen LogP contribution in [0.5, 0.6) is 5.75 Å². The van der Waals surface area contributed by atoms with Gasteiger partial charge in [-0.15, -0.1) is 0 Å². The lowest BCUT2D eigenvalue weighted by molar-refractivity contribution is -0.168. The highest BCUT2D eigenvalue weighted by Gasteiger charge is 2.41. The molecule has 1 aromatic heterocycles. The number of hydrogen-bond acceptors (Lipinski definition) is 5. The number of fused-ring (bicyclic) bond motifs is 1. The van der Waals surface area contributed by atoms with Crippen molar-refractivity contribution < 1.29 is 37.8 Å². The van der Waals surface area contributed by atoms with Gasteiger partial charge < -0.3 is 20.0 Å². The van der Waals surface area contributed by atoms with Gasteiger partial charge >= 0.3 is 12.1 Å². The molecule has 3 rings (SSSR count). The molecule has 0 saturated carbocycles. The van der Waals surface area contributed by atoms with E-state index in [4.69, 9.17) is 9.84 Å². The normalized spacial score (nSPS) is 19.0. The number of benzene rings is 1. The molecule has 1 aliphatic heterocycles. The van der Waals surface area contributed by atoms with E-state index in [1.54, 1.807) is 36.4 Å². The summed E-state index contributed by atoms with van der Waals surface area (Å²) in [6.45, 7) is 0.705. The molecule has 1 amide bonds. The number of halogens is 3. The number of carbonyl (C=O) groups is 2. The molecule has 8 nitrogen and oxygen atoms in total. The van der Waals surface area contributed by atoms with Crippen molar-refractivity contribution in [3.8, 4) is 5.75 Å². The first-order valence-corrected chi connectivity index (χ1v) is 10.8. The fraction of sp³-hybridized carbons (Fsp3) is 0.435. The number of aromatic nitrogens is 1. The standard InChI is InChI=1S/C23H26F3N3O5/c1-15-19-13-18(34-10-4-8-27-20-5-2-3-9-29(20)33)7-6-16(19)11-17(12-21(30)31)22(32)28(15)14-23(24,25)26/h2-3,5-7,9,13,15,17,33H,4,8,10-12,14H2,1H3,(H,30,31)/t15-,17?/m0/s1. The lowest BCUT2D eigenvalue weighted by Crippen LogP contribution is -2.43. The lowest BCUT2D eigenvalue weighted by Gasteiger charge is -2.30. The van der Waals surface area contributed by atoms with E-state index in [1.807, 2.05) is 0 Å². The van der Waals surface area contributed by atoms with Gasteiger partial charge in [-0.25, -0.2) is 0 Å². The van der Waals surface area contributed by atoms with Crippen LogP contribution in [0.1, 0.15) is 36.9 Å². The minimum Gasteiger partial charge on any atom is -0.494 e. The Morgan fingerprint density at radius 2 is 2.03 bits per heavy atom. The third kappa shape index (κ3) is 6.52. The lowest BCUT2D eigenvalue weighted by atomic mass is 9.93. The summed E-state index contributed by atoms with van der Waals surface area (Å²) in [6, 6.07) is 9.09. The van der Waals surface area contributed by atoms with E-state index < -0.39 is 43.0 Å². The fourth-order valence-electron chi connectivity index (χ4n) is 3.96. The van der Waals surface area contributed by atoms with Crippen LogP contribution in [-0.4, -0.2) is 57.7 Å². The zero-order valence-corrected chi connectivity index (χ0v) is 18.5. The number of aliphatic carboxylic acids is 1. The largest absolute Gasteiger partial charge is 0.494 e. The van der Waals surface area contributed by atoms with E-state index in [0.29, 0.717) is 40.2 Å². The molecule has 0 aliphatic carbocycles. The van der Waals surface area contributed by atoms with Crippen molar-refractivity contribution in [2.75, 3.05) is 19.7 Å². The summed E-state index contributed by atoms with van der Waals surface area (Å²) in [5, 5.41) is 18.8. The van der Waals surface area contributed by atoms with Gasteiger partial charge in [0.2, 0.25) is 5.91 Å². The third-order valence-electron chi connectivity index (χ3n) is 5.57. The van der Waals surface area contributed by atoms with Crippen LogP contribution < -0.4 is 10.2 Å². The van der Waals surface area contributed by atoms with E-state index in [-0.39, 0.29) is 13.0 Å². The molecule has 0 spiro atoms. The monoisotopic (exact) mass is 481 g/mol. The minimum atomic E-state index is -4.62. The molecule has 0 saturated heterocycles. The fourth-order valence-corrected chi connectivity index (χ4v) is 3.96. The Hall–Kier alpha value is -3.50. The molecule has 1 aliphatic rings. The number of amides is 1. The molecule has 184 valence electrons. The molecule has 0 radical (unpaired) electrons. The van der Waals surface area contributed by atoms with Crippen LogP contribution in [0.3, 0.4) is 0 Å². The van der Waals surface area contributed by atoms with Gasteiger partial charge in [0.15, 0.2) is 5.49 Å². The van der Waals surface area contributed by atoms with Crippen molar-refractivity contribution in [2.45, 2.75) is 38.4 Å². The molecule has 0 fully saturated rings. The zero-order chi connectivity index (χ0) is 24.9. The maximum Gasteiger partial charge on any atom is 0.406 e. The number of carboxylic acids is 1. The molecule has 34 heavy (non-hydrogen) atoms. The Morgan fingerprint density at radius 3 is 2.71 bits per heavy atom. The predicted molar refractivity (Wildman–Crippen MR) is 114 cm³/mol.